The zero-order valence-electron chi connectivity index (χ0n) is 14.9. The number of fused-ring (bicyclic) bond motifs is 1. The van der Waals surface area contributed by atoms with E-state index in [0.717, 1.165) is 38.5 Å². The minimum Gasteiger partial charge on any atom is -0.480 e. The number of carbonyl (C=O) groups excluding carboxylic acids is 1. The molecule has 5 heteroatoms. The van der Waals surface area contributed by atoms with Gasteiger partial charge in [0, 0.05) is 24.9 Å². The van der Waals surface area contributed by atoms with E-state index in [4.69, 9.17) is 5.73 Å². The standard InChI is InChI=1S/C20H28N2O3/c1-2-3-8-17-12-22(13-20(17,21)19(24)25)18(23)16-10-9-14-6-4-5-7-15(14)11-16/h4-7,16-17H,2-3,8-13,21H2,1H3,(H,24,25). The van der Waals surface area contributed by atoms with Gasteiger partial charge in [-0.1, -0.05) is 44.0 Å². The Morgan fingerprint density at radius 3 is 2.72 bits per heavy atom. The molecule has 0 aromatic heterocycles. The SMILES string of the molecule is CCCCC1CN(C(=O)C2CCc3ccccc3C2)CC1(N)C(=O)O. The summed E-state index contributed by atoms with van der Waals surface area (Å²) < 4.78 is 0. The third-order valence-electron chi connectivity index (χ3n) is 5.93. The molecule has 3 rings (SSSR count). The summed E-state index contributed by atoms with van der Waals surface area (Å²) in [6.45, 7) is 2.68. The molecule has 1 aliphatic carbocycles. The summed E-state index contributed by atoms with van der Waals surface area (Å²) in [5, 5.41) is 9.62. The first-order valence-corrected chi connectivity index (χ1v) is 9.33. The molecule has 3 N–H and O–H groups in total. The van der Waals surface area contributed by atoms with Crippen LogP contribution in [-0.2, 0) is 22.4 Å². The van der Waals surface area contributed by atoms with Crippen molar-refractivity contribution < 1.29 is 14.7 Å². The number of hydrogen-bond acceptors (Lipinski definition) is 3. The zero-order valence-corrected chi connectivity index (χ0v) is 14.9. The number of carboxylic acids is 1. The molecule has 0 spiro atoms. The van der Waals surface area contributed by atoms with E-state index in [0.29, 0.717) is 6.54 Å². The van der Waals surface area contributed by atoms with Crippen LogP contribution in [0.3, 0.4) is 0 Å². The molecule has 1 aromatic carbocycles. The first kappa shape index (κ1) is 17.9. The van der Waals surface area contributed by atoms with E-state index < -0.39 is 11.5 Å². The van der Waals surface area contributed by atoms with Crippen LogP contribution >= 0.6 is 0 Å². The molecule has 1 fully saturated rings. The molecule has 0 saturated carbocycles. The Kier molecular flexibility index (Phi) is 5.13. The summed E-state index contributed by atoms with van der Waals surface area (Å²) in [6.07, 6.45) is 5.19. The first-order chi connectivity index (χ1) is 12.0. The number of aryl methyl sites for hydroxylation is 1. The second-order valence-corrected chi connectivity index (χ2v) is 7.61. The van der Waals surface area contributed by atoms with Gasteiger partial charge in [0.15, 0.2) is 0 Å². The molecule has 1 amide bonds. The van der Waals surface area contributed by atoms with Crippen LogP contribution in [0.25, 0.3) is 0 Å². The average molecular weight is 344 g/mol. The van der Waals surface area contributed by atoms with Gasteiger partial charge >= 0.3 is 5.97 Å². The van der Waals surface area contributed by atoms with Gasteiger partial charge in [0.05, 0.1) is 0 Å². The molecule has 0 radical (unpaired) electrons. The molecule has 1 saturated heterocycles. The minimum absolute atomic E-state index is 0.0575. The number of nitrogens with two attached hydrogens (primary N) is 1. The lowest BCUT2D eigenvalue weighted by atomic mass is 9.83. The molecule has 0 bridgehead atoms. The Hall–Kier alpha value is -1.88. The second-order valence-electron chi connectivity index (χ2n) is 7.61. The minimum atomic E-state index is -1.31. The van der Waals surface area contributed by atoms with Crippen LogP contribution in [0, 0.1) is 11.8 Å². The summed E-state index contributed by atoms with van der Waals surface area (Å²) in [6, 6.07) is 8.27. The van der Waals surface area contributed by atoms with Crippen molar-refractivity contribution in [3.63, 3.8) is 0 Å². The fourth-order valence-electron chi connectivity index (χ4n) is 4.31. The highest BCUT2D eigenvalue weighted by molar-refractivity contribution is 5.85. The monoisotopic (exact) mass is 344 g/mol. The number of aliphatic carboxylic acids is 1. The topological polar surface area (TPSA) is 83.6 Å². The van der Waals surface area contributed by atoms with Gasteiger partial charge in [-0.25, -0.2) is 0 Å². The average Bonchev–Trinajstić information content (AvgIpc) is 2.97. The van der Waals surface area contributed by atoms with Crippen LogP contribution in [0.1, 0.15) is 43.7 Å². The number of hydrogen-bond donors (Lipinski definition) is 2. The molecule has 1 aromatic rings. The quantitative estimate of drug-likeness (QED) is 0.858. The molecule has 1 aliphatic heterocycles. The van der Waals surface area contributed by atoms with Crippen LogP contribution in [0.4, 0.5) is 0 Å². The highest BCUT2D eigenvalue weighted by Gasteiger charge is 2.51. The van der Waals surface area contributed by atoms with Gasteiger partial charge in [-0.3, -0.25) is 9.59 Å². The van der Waals surface area contributed by atoms with Gasteiger partial charge < -0.3 is 15.7 Å². The number of likely N-dealkylation sites (tertiary alicyclic amines) is 1. The van der Waals surface area contributed by atoms with Gasteiger partial charge in [-0.15, -0.1) is 0 Å². The van der Waals surface area contributed by atoms with Crippen molar-refractivity contribution >= 4 is 11.9 Å². The summed E-state index contributed by atoms with van der Waals surface area (Å²) >= 11 is 0. The maximum absolute atomic E-state index is 13.0. The molecular weight excluding hydrogens is 316 g/mol. The predicted octanol–water partition coefficient (Wildman–Crippen LogP) is 2.22. The predicted molar refractivity (Wildman–Crippen MR) is 96.1 cm³/mol. The van der Waals surface area contributed by atoms with Gasteiger partial charge in [0.25, 0.3) is 0 Å². The summed E-state index contributed by atoms with van der Waals surface area (Å²) in [5.74, 6) is -1.13. The van der Waals surface area contributed by atoms with Gasteiger partial charge in [0.1, 0.15) is 5.54 Å². The smallest absolute Gasteiger partial charge is 0.325 e. The van der Waals surface area contributed by atoms with E-state index in [-0.39, 0.29) is 24.3 Å². The first-order valence-electron chi connectivity index (χ1n) is 9.33. The van der Waals surface area contributed by atoms with Gasteiger partial charge in [0.2, 0.25) is 5.91 Å². The zero-order chi connectivity index (χ0) is 18.0. The molecule has 136 valence electrons. The normalized spacial score (nSPS) is 28.6. The number of amides is 1. The van der Waals surface area contributed by atoms with Gasteiger partial charge in [-0.2, -0.15) is 0 Å². The lowest BCUT2D eigenvalue weighted by Crippen LogP contribution is -2.55. The van der Waals surface area contributed by atoms with E-state index in [1.807, 2.05) is 12.1 Å². The largest absolute Gasteiger partial charge is 0.480 e. The van der Waals surface area contributed by atoms with Crippen molar-refractivity contribution in [2.45, 2.75) is 51.0 Å². The Labute approximate surface area is 149 Å². The summed E-state index contributed by atoms with van der Waals surface area (Å²) in [5.41, 5.74) is 7.49. The van der Waals surface area contributed by atoms with Crippen LogP contribution < -0.4 is 5.73 Å². The third kappa shape index (κ3) is 3.43. The van der Waals surface area contributed by atoms with E-state index in [1.54, 1.807) is 4.90 Å². The van der Waals surface area contributed by atoms with Crippen LogP contribution in [-0.4, -0.2) is 40.5 Å². The molecular formula is C20H28N2O3. The molecule has 3 unspecified atom stereocenters. The number of unbranched alkanes of at least 4 members (excludes halogenated alkanes) is 1. The number of benzene rings is 1. The summed E-state index contributed by atoms with van der Waals surface area (Å²) in [4.78, 5) is 26.5. The van der Waals surface area contributed by atoms with E-state index >= 15 is 0 Å². The van der Waals surface area contributed by atoms with Crippen molar-refractivity contribution in [2.24, 2.45) is 17.6 Å². The van der Waals surface area contributed by atoms with E-state index in [9.17, 15) is 14.7 Å². The number of carbonyl (C=O) groups is 2. The van der Waals surface area contributed by atoms with Crippen LogP contribution in [0.2, 0.25) is 0 Å². The second kappa shape index (κ2) is 7.16. The van der Waals surface area contributed by atoms with Crippen molar-refractivity contribution in [2.75, 3.05) is 13.1 Å². The lowest BCUT2D eigenvalue weighted by molar-refractivity contribution is -0.144. The highest BCUT2D eigenvalue weighted by Crippen LogP contribution is 2.33. The van der Waals surface area contributed by atoms with Crippen molar-refractivity contribution in [1.29, 1.82) is 0 Å². The Morgan fingerprint density at radius 2 is 2.04 bits per heavy atom. The maximum atomic E-state index is 13.0. The molecule has 2 aliphatic rings. The Balaban J connectivity index is 1.72. The number of nitrogens with zero attached hydrogens (tertiary/aromatic N) is 1. The van der Waals surface area contributed by atoms with Crippen molar-refractivity contribution in [3.8, 4) is 0 Å². The van der Waals surface area contributed by atoms with E-state index in [1.165, 1.54) is 11.1 Å². The fraction of sp³-hybridized carbons (Fsp3) is 0.600. The van der Waals surface area contributed by atoms with Crippen LogP contribution in [0.5, 0.6) is 0 Å². The fourth-order valence-corrected chi connectivity index (χ4v) is 4.31. The van der Waals surface area contributed by atoms with Crippen LogP contribution in [0.15, 0.2) is 24.3 Å². The molecule has 1 heterocycles. The molecule has 3 atom stereocenters. The number of carboxylic acid groups (broad SMARTS) is 1. The summed E-state index contributed by atoms with van der Waals surface area (Å²) in [7, 11) is 0. The van der Waals surface area contributed by atoms with Crippen molar-refractivity contribution in [3.05, 3.63) is 35.4 Å². The van der Waals surface area contributed by atoms with Crippen molar-refractivity contribution in [1.82, 2.24) is 4.90 Å². The molecule has 25 heavy (non-hydrogen) atoms. The highest BCUT2D eigenvalue weighted by atomic mass is 16.4. The Morgan fingerprint density at radius 1 is 1.32 bits per heavy atom. The number of rotatable bonds is 5. The lowest BCUT2D eigenvalue weighted by Gasteiger charge is -2.28. The molecule has 5 nitrogen and oxygen atoms in total. The maximum Gasteiger partial charge on any atom is 0.325 e. The Bertz CT molecular complexity index is 660. The third-order valence-corrected chi connectivity index (χ3v) is 5.93. The van der Waals surface area contributed by atoms with E-state index in [2.05, 4.69) is 19.1 Å². The van der Waals surface area contributed by atoms with Gasteiger partial charge in [-0.05, 0) is 36.8 Å².